The molecule has 6 heteroatoms. The number of hydrogen-bond acceptors (Lipinski definition) is 3. The number of rotatable bonds is 2. The average Bonchev–Trinajstić information content (AvgIpc) is 3.08. The number of carbonyl (C=O) groups excluding carboxylic acids is 1. The fourth-order valence-electron chi connectivity index (χ4n) is 3.65. The van der Waals surface area contributed by atoms with Crippen LogP contribution in [0.2, 0.25) is 5.02 Å². The van der Waals surface area contributed by atoms with Gasteiger partial charge in [0, 0.05) is 0 Å². The Morgan fingerprint density at radius 1 is 1.43 bits per heavy atom. The monoisotopic (exact) mass is 305 g/mol. The van der Waals surface area contributed by atoms with Crippen molar-refractivity contribution in [3.8, 4) is 0 Å². The third-order valence-electron chi connectivity index (χ3n) is 4.53. The Morgan fingerprint density at radius 3 is 2.90 bits per heavy atom. The van der Waals surface area contributed by atoms with E-state index < -0.39 is 29.5 Å². The Balaban J connectivity index is 1.78. The first-order valence-corrected chi connectivity index (χ1v) is 7.07. The average molecular weight is 306 g/mol. The summed E-state index contributed by atoms with van der Waals surface area (Å²) in [6.45, 7) is 0.303. The van der Waals surface area contributed by atoms with Gasteiger partial charge in [-0.3, -0.25) is 9.59 Å². The lowest BCUT2D eigenvalue weighted by atomic mass is 9.77. The number of para-hydroxylation sites is 1. The Hall–Kier alpha value is -1.85. The van der Waals surface area contributed by atoms with E-state index in [0.717, 1.165) is 0 Å². The Morgan fingerprint density at radius 2 is 2.19 bits per heavy atom. The van der Waals surface area contributed by atoms with Crippen LogP contribution >= 0.6 is 11.6 Å². The van der Waals surface area contributed by atoms with Crippen LogP contribution in [0.25, 0.3) is 0 Å². The topological polar surface area (TPSA) is 66.8 Å². The Kier molecular flexibility index (Phi) is 2.50. The van der Waals surface area contributed by atoms with Gasteiger partial charge >= 0.3 is 5.97 Å². The molecule has 0 unspecified atom stereocenters. The first kappa shape index (κ1) is 12.9. The van der Waals surface area contributed by atoms with Crippen molar-refractivity contribution in [2.45, 2.75) is 11.7 Å². The van der Waals surface area contributed by atoms with Gasteiger partial charge in [-0.05, 0) is 12.1 Å². The van der Waals surface area contributed by atoms with Gasteiger partial charge in [-0.2, -0.15) is 0 Å². The highest BCUT2D eigenvalue weighted by Crippen LogP contribution is 2.53. The van der Waals surface area contributed by atoms with E-state index in [4.69, 9.17) is 16.3 Å². The van der Waals surface area contributed by atoms with Gasteiger partial charge in [0.15, 0.2) is 0 Å². The third-order valence-corrected chi connectivity index (χ3v) is 4.85. The number of fused-ring (bicyclic) bond motifs is 1. The minimum atomic E-state index is -0.995. The lowest BCUT2D eigenvalue weighted by Crippen LogP contribution is -2.39. The molecule has 21 heavy (non-hydrogen) atoms. The highest BCUT2D eigenvalue weighted by atomic mass is 35.5. The second-order valence-electron chi connectivity index (χ2n) is 5.61. The summed E-state index contributed by atoms with van der Waals surface area (Å²) in [5.74, 6) is -2.73. The number of carboxylic acids is 1. The molecule has 2 bridgehead atoms. The van der Waals surface area contributed by atoms with Gasteiger partial charge in [0.1, 0.15) is 11.5 Å². The third kappa shape index (κ3) is 1.56. The molecule has 1 spiro atoms. The van der Waals surface area contributed by atoms with Crippen molar-refractivity contribution in [2.75, 3.05) is 11.4 Å². The summed E-state index contributed by atoms with van der Waals surface area (Å²) in [6, 6.07) is 7.04. The number of benzene rings is 1. The maximum Gasteiger partial charge on any atom is 0.310 e. The molecule has 3 heterocycles. The van der Waals surface area contributed by atoms with Gasteiger partial charge < -0.3 is 14.7 Å². The largest absolute Gasteiger partial charge is 0.481 e. The number of carboxylic acid groups (broad SMARTS) is 1. The van der Waals surface area contributed by atoms with Crippen LogP contribution in [0.4, 0.5) is 5.69 Å². The second-order valence-corrected chi connectivity index (χ2v) is 6.02. The van der Waals surface area contributed by atoms with E-state index in [9.17, 15) is 14.7 Å². The van der Waals surface area contributed by atoms with Gasteiger partial charge in [0.25, 0.3) is 0 Å². The molecular formula is C15H12ClNO4. The lowest BCUT2D eigenvalue weighted by Gasteiger charge is -2.22. The minimum Gasteiger partial charge on any atom is -0.481 e. The summed E-state index contributed by atoms with van der Waals surface area (Å²) in [7, 11) is 0. The number of hydrogen-bond donors (Lipinski definition) is 1. The molecule has 1 amide bonds. The van der Waals surface area contributed by atoms with E-state index in [1.165, 1.54) is 4.90 Å². The van der Waals surface area contributed by atoms with Gasteiger partial charge in [0.2, 0.25) is 5.91 Å². The quantitative estimate of drug-likeness (QED) is 0.845. The number of nitrogens with zero attached hydrogens (tertiary/aromatic N) is 1. The molecule has 3 aliphatic rings. The van der Waals surface area contributed by atoms with Crippen molar-refractivity contribution in [1.29, 1.82) is 0 Å². The number of amides is 1. The van der Waals surface area contributed by atoms with Crippen LogP contribution in [0.1, 0.15) is 0 Å². The number of aliphatic carboxylic acids is 1. The summed E-state index contributed by atoms with van der Waals surface area (Å²) in [5.41, 5.74) is -0.234. The van der Waals surface area contributed by atoms with Crippen LogP contribution in [-0.2, 0) is 14.3 Å². The van der Waals surface area contributed by atoms with Crippen LogP contribution in [0, 0.1) is 11.8 Å². The van der Waals surface area contributed by atoms with Crippen molar-refractivity contribution in [1.82, 2.24) is 0 Å². The second kappa shape index (κ2) is 4.08. The van der Waals surface area contributed by atoms with Gasteiger partial charge in [-0.15, -0.1) is 0 Å². The van der Waals surface area contributed by atoms with Crippen LogP contribution in [-0.4, -0.2) is 35.2 Å². The number of carbonyl (C=O) groups is 2. The zero-order valence-electron chi connectivity index (χ0n) is 10.9. The molecule has 5 nitrogen and oxygen atoms in total. The summed E-state index contributed by atoms with van der Waals surface area (Å²) in [4.78, 5) is 25.7. The smallest absolute Gasteiger partial charge is 0.310 e. The van der Waals surface area contributed by atoms with E-state index in [0.29, 0.717) is 17.3 Å². The van der Waals surface area contributed by atoms with Gasteiger partial charge in [-0.25, -0.2) is 0 Å². The molecule has 2 fully saturated rings. The molecule has 3 aliphatic heterocycles. The Labute approximate surface area is 125 Å². The van der Waals surface area contributed by atoms with Crippen molar-refractivity contribution in [3.63, 3.8) is 0 Å². The van der Waals surface area contributed by atoms with E-state index in [2.05, 4.69) is 0 Å². The fourth-order valence-corrected chi connectivity index (χ4v) is 3.89. The van der Waals surface area contributed by atoms with Crippen LogP contribution in [0.3, 0.4) is 0 Å². The van der Waals surface area contributed by atoms with Gasteiger partial charge in [-0.1, -0.05) is 35.9 Å². The molecule has 4 atom stereocenters. The first-order valence-electron chi connectivity index (χ1n) is 6.69. The fraction of sp³-hybridized carbons (Fsp3) is 0.333. The number of anilines is 1. The van der Waals surface area contributed by atoms with E-state index in [1.54, 1.807) is 30.3 Å². The van der Waals surface area contributed by atoms with Gasteiger partial charge in [0.05, 0.1) is 29.3 Å². The molecule has 0 saturated carbocycles. The molecule has 0 aliphatic carbocycles. The summed E-state index contributed by atoms with van der Waals surface area (Å²) < 4.78 is 5.82. The van der Waals surface area contributed by atoms with Crippen LogP contribution < -0.4 is 4.90 Å². The van der Waals surface area contributed by atoms with Crippen molar-refractivity contribution >= 4 is 29.2 Å². The summed E-state index contributed by atoms with van der Waals surface area (Å²) >= 11 is 6.16. The first-order chi connectivity index (χ1) is 10.0. The minimum absolute atomic E-state index is 0.234. The molecule has 1 aromatic rings. The molecule has 108 valence electrons. The molecular weight excluding hydrogens is 294 g/mol. The predicted octanol–water partition coefficient (Wildman–Crippen LogP) is 1.71. The number of halogens is 1. The summed E-state index contributed by atoms with van der Waals surface area (Å²) in [6.07, 6.45) is 3.07. The molecule has 0 radical (unpaired) electrons. The Bertz CT molecular complexity index is 688. The maximum absolute atomic E-state index is 12.7. The van der Waals surface area contributed by atoms with Crippen molar-refractivity contribution < 1.29 is 19.4 Å². The molecule has 1 aromatic carbocycles. The zero-order chi connectivity index (χ0) is 14.8. The predicted molar refractivity (Wildman–Crippen MR) is 75.2 cm³/mol. The molecule has 4 rings (SSSR count). The van der Waals surface area contributed by atoms with Crippen LogP contribution in [0.15, 0.2) is 36.4 Å². The van der Waals surface area contributed by atoms with E-state index in [1.807, 2.05) is 6.08 Å². The highest BCUT2D eigenvalue weighted by Gasteiger charge is 2.67. The lowest BCUT2D eigenvalue weighted by molar-refractivity contribution is -0.146. The number of ether oxygens (including phenoxy) is 1. The molecule has 0 aromatic heterocycles. The van der Waals surface area contributed by atoms with Crippen molar-refractivity contribution in [3.05, 3.63) is 41.4 Å². The SMILES string of the molecule is O=C(O)[C@H]1[C@@H]2C=C[C@]3(CN(c4ccccc4Cl)C(=O)[C@@H]13)O2. The molecule has 1 N–H and O–H groups in total. The zero-order valence-corrected chi connectivity index (χ0v) is 11.7. The molecule has 2 saturated heterocycles. The van der Waals surface area contributed by atoms with E-state index >= 15 is 0 Å². The summed E-state index contributed by atoms with van der Waals surface area (Å²) in [5, 5.41) is 9.86. The highest BCUT2D eigenvalue weighted by molar-refractivity contribution is 6.34. The normalized spacial score (nSPS) is 36.3. The standard InChI is InChI=1S/C15H12ClNO4/c16-8-3-1-2-4-9(8)17-7-15-6-5-10(21-15)11(14(19)20)12(15)13(17)18/h1-6,10-12H,7H2,(H,19,20)/t10-,11-,12+,15+/m0/s1. The van der Waals surface area contributed by atoms with E-state index in [-0.39, 0.29) is 5.91 Å². The maximum atomic E-state index is 12.7. The van der Waals surface area contributed by atoms with Crippen LogP contribution in [0.5, 0.6) is 0 Å². The van der Waals surface area contributed by atoms with Crippen molar-refractivity contribution in [2.24, 2.45) is 11.8 Å².